The van der Waals surface area contributed by atoms with Gasteiger partial charge in [-0.25, -0.2) is 9.97 Å². The molecule has 2 fully saturated rings. The van der Waals surface area contributed by atoms with Crippen LogP contribution in [0.4, 0.5) is 11.6 Å². The highest BCUT2D eigenvalue weighted by atomic mass is 32.2. The first-order valence-corrected chi connectivity index (χ1v) is 7.98. The third-order valence-electron chi connectivity index (χ3n) is 3.84. The highest BCUT2D eigenvalue weighted by molar-refractivity contribution is 8.00. The van der Waals surface area contributed by atoms with E-state index in [9.17, 15) is 0 Å². The van der Waals surface area contributed by atoms with Crippen molar-refractivity contribution in [1.29, 1.82) is 0 Å². The van der Waals surface area contributed by atoms with E-state index in [0.29, 0.717) is 11.7 Å². The molecule has 1 aromatic heterocycles. The van der Waals surface area contributed by atoms with Crippen molar-refractivity contribution in [2.24, 2.45) is 0 Å². The van der Waals surface area contributed by atoms with Gasteiger partial charge >= 0.3 is 0 Å². The van der Waals surface area contributed by atoms with Crippen LogP contribution in [0.15, 0.2) is 0 Å². The number of thioether (sulfide) groups is 1. The third-order valence-corrected chi connectivity index (χ3v) is 5.14. The molecule has 1 saturated carbocycles. The highest BCUT2D eigenvalue weighted by Crippen LogP contribution is 2.40. The Morgan fingerprint density at radius 3 is 2.68 bits per heavy atom. The second-order valence-electron chi connectivity index (χ2n) is 6.22. The Morgan fingerprint density at radius 2 is 2.05 bits per heavy atom. The number of aromatic nitrogens is 2. The first kappa shape index (κ1) is 13.0. The minimum Gasteiger partial charge on any atom is -0.383 e. The van der Waals surface area contributed by atoms with E-state index < -0.39 is 0 Å². The molecule has 0 radical (unpaired) electrons. The zero-order valence-corrected chi connectivity index (χ0v) is 12.8. The van der Waals surface area contributed by atoms with E-state index in [-0.39, 0.29) is 4.75 Å². The molecule has 1 aliphatic carbocycles. The van der Waals surface area contributed by atoms with Gasteiger partial charge in [-0.15, -0.1) is 0 Å². The molecule has 0 atom stereocenters. The van der Waals surface area contributed by atoms with Gasteiger partial charge in [0, 0.05) is 35.1 Å². The summed E-state index contributed by atoms with van der Waals surface area (Å²) in [7, 11) is 0. The van der Waals surface area contributed by atoms with Crippen molar-refractivity contribution in [1.82, 2.24) is 9.97 Å². The van der Waals surface area contributed by atoms with E-state index >= 15 is 0 Å². The quantitative estimate of drug-likeness (QED) is 0.901. The number of hydrogen-bond donors (Lipinski definition) is 1. The van der Waals surface area contributed by atoms with Crippen molar-refractivity contribution in [3.63, 3.8) is 0 Å². The van der Waals surface area contributed by atoms with E-state index in [2.05, 4.69) is 23.7 Å². The number of nitrogens with two attached hydrogens (primary N) is 1. The first-order valence-electron chi connectivity index (χ1n) is 6.99. The van der Waals surface area contributed by atoms with Crippen LogP contribution in [0.3, 0.4) is 0 Å². The summed E-state index contributed by atoms with van der Waals surface area (Å²) in [6.07, 6.45) is 2.42. The first-order chi connectivity index (χ1) is 8.96. The maximum Gasteiger partial charge on any atom is 0.137 e. The van der Waals surface area contributed by atoms with Crippen LogP contribution >= 0.6 is 11.8 Å². The average molecular weight is 278 g/mol. The molecule has 0 spiro atoms. The van der Waals surface area contributed by atoms with Gasteiger partial charge in [-0.3, -0.25) is 0 Å². The van der Waals surface area contributed by atoms with Crippen LogP contribution in [0.25, 0.3) is 0 Å². The molecular weight excluding hydrogens is 256 g/mol. The topological polar surface area (TPSA) is 55.0 Å². The fraction of sp³-hybridized carbons (Fsp3) is 0.714. The lowest BCUT2D eigenvalue weighted by atomic mass is 10.1. The van der Waals surface area contributed by atoms with Crippen molar-refractivity contribution in [2.45, 2.75) is 44.3 Å². The zero-order valence-electron chi connectivity index (χ0n) is 11.9. The molecule has 104 valence electrons. The molecule has 2 N–H and O–H groups in total. The van der Waals surface area contributed by atoms with E-state index in [1.807, 2.05) is 18.7 Å². The fourth-order valence-corrected chi connectivity index (χ4v) is 3.68. The Labute approximate surface area is 119 Å². The molecule has 4 nitrogen and oxygen atoms in total. The van der Waals surface area contributed by atoms with Crippen LogP contribution in [0.2, 0.25) is 0 Å². The summed E-state index contributed by atoms with van der Waals surface area (Å²) in [5.74, 6) is 4.36. The molecule has 1 aromatic rings. The predicted molar refractivity (Wildman–Crippen MR) is 81.9 cm³/mol. The second-order valence-corrected chi connectivity index (χ2v) is 8.02. The van der Waals surface area contributed by atoms with Gasteiger partial charge in [0.2, 0.25) is 0 Å². The summed E-state index contributed by atoms with van der Waals surface area (Å²) in [5, 5.41) is 0. The normalized spacial score (nSPS) is 22.6. The Hall–Kier alpha value is -0.970. The Balaban J connectivity index is 1.94. The number of hydrogen-bond acceptors (Lipinski definition) is 5. The number of nitrogens with zero attached hydrogens (tertiary/aromatic N) is 3. The molecule has 19 heavy (non-hydrogen) atoms. The Morgan fingerprint density at radius 1 is 1.32 bits per heavy atom. The van der Waals surface area contributed by atoms with Crippen molar-refractivity contribution in [3.8, 4) is 0 Å². The molecule has 3 rings (SSSR count). The molecule has 0 amide bonds. The van der Waals surface area contributed by atoms with Crippen LogP contribution in [0, 0.1) is 6.92 Å². The molecule has 0 unspecified atom stereocenters. The van der Waals surface area contributed by atoms with Crippen LogP contribution in [0.5, 0.6) is 0 Å². The number of rotatable bonds is 2. The van der Waals surface area contributed by atoms with Crippen LogP contribution in [-0.2, 0) is 0 Å². The molecule has 1 saturated heterocycles. The minimum absolute atomic E-state index is 0.282. The van der Waals surface area contributed by atoms with Gasteiger partial charge in [-0.05, 0) is 33.6 Å². The van der Waals surface area contributed by atoms with E-state index in [1.54, 1.807) is 0 Å². The summed E-state index contributed by atoms with van der Waals surface area (Å²) >= 11 is 2.04. The lowest BCUT2D eigenvalue weighted by molar-refractivity contribution is 0.638. The van der Waals surface area contributed by atoms with Gasteiger partial charge in [-0.1, -0.05) is 0 Å². The van der Waals surface area contributed by atoms with E-state index in [4.69, 9.17) is 10.7 Å². The summed E-state index contributed by atoms with van der Waals surface area (Å²) in [6.45, 7) is 8.71. The van der Waals surface area contributed by atoms with Crippen molar-refractivity contribution < 1.29 is 0 Å². The molecule has 5 heteroatoms. The number of nitrogen functional groups attached to an aromatic ring is 1. The summed E-state index contributed by atoms with van der Waals surface area (Å²) in [5.41, 5.74) is 7.11. The highest BCUT2D eigenvalue weighted by Gasteiger charge is 2.32. The molecular formula is C14H22N4S. The molecule has 0 aromatic carbocycles. The maximum absolute atomic E-state index is 6.08. The predicted octanol–water partition coefficient (Wildman–Crippen LogP) is 2.58. The third kappa shape index (κ3) is 2.66. The van der Waals surface area contributed by atoms with Gasteiger partial charge in [-0.2, -0.15) is 11.8 Å². The molecule has 0 bridgehead atoms. The summed E-state index contributed by atoms with van der Waals surface area (Å²) in [4.78, 5) is 11.7. The Kier molecular flexibility index (Phi) is 3.12. The summed E-state index contributed by atoms with van der Waals surface area (Å²) in [6, 6.07) is 0. The van der Waals surface area contributed by atoms with Crippen molar-refractivity contribution in [2.75, 3.05) is 29.5 Å². The zero-order chi connectivity index (χ0) is 13.6. The van der Waals surface area contributed by atoms with Crippen molar-refractivity contribution in [3.05, 3.63) is 11.4 Å². The van der Waals surface area contributed by atoms with Gasteiger partial charge in [0.05, 0.1) is 0 Å². The van der Waals surface area contributed by atoms with E-state index in [1.165, 1.54) is 12.8 Å². The van der Waals surface area contributed by atoms with Crippen LogP contribution < -0.4 is 10.6 Å². The standard InChI is InChI=1S/C14H22N4S/c1-9-11(15)16-12(10-4-5-10)17-13(9)18-6-7-19-14(2,3)8-18/h10H,4-8H2,1-3H3,(H2,15,16,17). The fourth-order valence-electron chi connectivity index (χ4n) is 2.57. The average Bonchev–Trinajstić information content (AvgIpc) is 3.15. The monoisotopic (exact) mass is 278 g/mol. The largest absolute Gasteiger partial charge is 0.383 e. The smallest absolute Gasteiger partial charge is 0.137 e. The van der Waals surface area contributed by atoms with Crippen LogP contribution in [-0.4, -0.2) is 33.6 Å². The van der Waals surface area contributed by atoms with Gasteiger partial charge < -0.3 is 10.6 Å². The number of anilines is 2. The van der Waals surface area contributed by atoms with E-state index in [0.717, 1.165) is 36.0 Å². The van der Waals surface area contributed by atoms with Crippen molar-refractivity contribution >= 4 is 23.4 Å². The Bertz CT molecular complexity index is 496. The minimum atomic E-state index is 0.282. The van der Waals surface area contributed by atoms with Crippen LogP contribution in [0.1, 0.15) is 44.0 Å². The molecule has 2 aliphatic rings. The molecule has 1 aliphatic heterocycles. The SMILES string of the molecule is Cc1c(N)nc(C2CC2)nc1N1CCSC(C)(C)C1. The maximum atomic E-state index is 6.08. The summed E-state index contributed by atoms with van der Waals surface area (Å²) < 4.78 is 0.282. The lowest BCUT2D eigenvalue weighted by Crippen LogP contribution is -2.44. The molecule has 2 heterocycles. The lowest BCUT2D eigenvalue weighted by Gasteiger charge is -2.39. The van der Waals surface area contributed by atoms with Gasteiger partial charge in [0.25, 0.3) is 0 Å². The van der Waals surface area contributed by atoms with Gasteiger partial charge in [0.1, 0.15) is 17.5 Å². The van der Waals surface area contributed by atoms with Gasteiger partial charge in [0.15, 0.2) is 0 Å². The second kappa shape index (κ2) is 4.54.